The minimum Gasteiger partial charge on any atom is -0.370 e. The highest BCUT2D eigenvalue weighted by Crippen LogP contribution is 2.40. The first-order valence-electron chi connectivity index (χ1n) is 6.50. The second kappa shape index (κ2) is 9.53. The van der Waals surface area contributed by atoms with Crippen LogP contribution < -0.4 is 0 Å². The first-order valence-corrected chi connectivity index (χ1v) is 7.39. The molecule has 0 radical (unpaired) electrons. The second-order valence-corrected chi connectivity index (χ2v) is 4.03. The molecule has 3 atom stereocenters. The van der Waals surface area contributed by atoms with Crippen molar-refractivity contribution < 1.29 is 4.74 Å². The van der Waals surface area contributed by atoms with E-state index < -0.39 is 0 Å². The van der Waals surface area contributed by atoms with Crippen LogP contribution in [0.1, 0.15) is 59.3 Å². The summed E-state index contributed by atoms with van der Waals surface area (Å²) >= 11 is 3.53. The van der Waals surface area contributed by atoms with Gasteiger partial charge in [-0.15, -0.1) is 0 Å². The molecule has 0 aromatic heterocycles. The van der Waals surface area contributed by atoms with Crippen molar-refractivity contribution in [1.29, 1.82) is 0 Å². The lowest BCUT2D eigenvalue weighted by atomic mass is 9.86. The SMILES string of the molecule is CC.CCCCC1CCC2OC2C1.CS. The number of rotatable bonds is 3. The van der Waals surface area contributed by atoms with Crippen LogP contribution in [0.25, 0.3) is 0 Å². The second-order valence-electron chi connectivity index (χ2n) is 4.03. The summed E-state index contributed by atoms with van der Waals surface area (Å²) in [6.07, 6.45) is 11.4. The van der Waals surface area contributed by atoms with Crippen molar-refractivity contribution in [2.24, 2.45) is 5.92 Å². The molecule has 0 amide bonds. The fourth-order valence-corrected chi connectivity index (χ4v) is 2.24. The smallest absolute Gasteiger partial charge is 0.0844 e. The van der Waals surface area contributed by atoms with Gasteiger partial charge in [0.1, 0.15) is 0 Å². The van der Waals surface area contributed by atoms with Gasteiger partial charge < -0.3 is 4.74 Å². The molecule has 2 aliphatic rings. The molecule has 1 nitrogen and oxygen atoms in total. The first kappa shape index (κ1) is 15.3. The molecule has 1 saturated heterocycles. The summed E-state index contributed by atoms with van der Waals surface area (Å²) in [7, 11) is 0. The molecule has 0 N–H and O–H groups in total. The molecular formula is C13H28OS. The molecule has 1 heterocycles. The third kappa shape index (κ3) is 5.82. The molecule has 2 fully saturated rings. The molecule has 0 bridgehead atoms. The zero-order valence-electron chi connectivity index (χ0n) is 10.8. The van der Waals surface area contributed by atoms with E-state index in [1.807, 2.05) is 13.8 Å². The lowest BCUT2D eigenvalue weighted by Gasteiger charge is -2.17. The third-order valence-electron chi connectivity index (χ3n) is 3.08. The standard InChI is InChI=1S/C10H18O.C2H6.CH4S/c1-2-3-4-8-5-6-9-10(7-8)11-9;2*1-2/h8-10H,2-7H2,1H3;1-2H3;2H,1H3. The van der Waals surface area contributed by atoms with Crippen LogP contribution in [0.5, 0.6) is 0 Å². The summed E-state index contributed by atoms with van der Waals surface area (Å²) in [5.41, 5.74) is 0. The Labute approximate surface area is 101 Å². The van der Waals surface area contributed by atoms with Gasteiger partial charge in [-0.2, -0.15) is 12.6 Å². The summed E-state index contributed by atoms with van der Waals surface area (Å²) in [4.78, 5) is 0. The van der Waals surface area contributed by atoms with Crippen molar-refractivity contribution in [3.8, 4) is 0 Å². The van der Waals surface area contributed by atoms with E-state index >= 15 is 0 Å². The van der Waals surface area contributed by atoms with Gasteiger partial charge in [0.05, 0.1) is 12.2 Å². The molecule has 0 aromatic rings. The Kier molecular flexibility index (Phi) is 9.73. The van der Waals surface area contributed by atoms with Crippen LogP contribution in [0.4, 0.5) is 0 Å². The molecular weight excluding hydrogens is 204 g/mol. The molecule has 2 heteroatoms. The first-order chi connectivity index (χ1) is 7.40. The number of hydrogen-bond acceptors (Lipinski definition) is 2. The van der Waals surface area contributed by atoms with E-state index in [0.717, 1.165) is 5.92 Å². The summed E-state index contributed by atoms with van der Waals surface area (Å²) in [5, 5.41) is 0. The maximum atomic E-state index is 5.49. The van der Waals surface area contributed by atoms with Gasteiger partial charge in [-0.3, -0.25) is 0 Å². The Morgan fingerprint density at radius 3 is 2.33 bits per heavy atom. The van der Waals surface area contributed by atoms with Gasteiger partial charge >= 0.3 is 0 Å². The Morgan fingerprint density at radius 2 is 1.80 bits per heavy atom. The molecule has 0 aromatic carbocycles. The molecule has 3 unspecified atom stereocenters. The normalized spacial score (nSPS) is 31.4. The highest BCUT2D eigenvalue weighted by atomic mass is 32.1. The summed E-state index contributed by atoms with van der Waals surface area (Å²) in [6, 6.07) is 0. The van der Waals surface area contributed by atoms with E-state index in [1.165, 1.54) is 38.5 Å². The molecule has 0 spiro atoms. The van der Waals surface area contributed by atoms with Gasteiger partial charge in [-0.05, 0) is 31.4 Å². The summed E-state index contributed by atoms with van der Waals surface area (Å²) in [6.45, 7) is 6.28. The van der Waals surface area contributed by atoms with Crippen molar-refractivity contribution in [1.82, 2.24) is 0 Å². The zero-order valence-corrected chi connectivity index (χ0v) is 11.7. The van der Waals surface area contributed by atoms with Gasteiger partial charge in [0.25, 0.3) is 0 Å². The Bertz CT molecular complexity index is 138. The lowest BCUT2D eigenvalue weighted by Crippen LogP contribution is -2.12. The van der Waals surface area contributed by atoms with Crippen LogP contribution in [0.15, 0.2) is 0 Å². The molecule has 2 rings (SSSR count). The number of ether oxygens (including phenoxy) is 1. The third-order valence-corrected chi connectivity index (χ3v) is 3.08. The van der Waals surface area contributed by atoms with Gasteiger partial charge in [0.2, 0.25) is 0 Å². The van der Waals surface area contributed by atoms with Crippen molar-refractivity contribution >= 4 is 12.6 Å². The zero-order chi connectivity index (χ0) is 11.7. The van der Waals surface area contributed by atoms with Gasteiger partial charge in [0.15, 0.2) is 0 Å². The monoisotopic (exact) mass is 232 g/mol. The van der Waals surface area contributed by atoms with Crippen LogP contribution >= 0.6 is 12.6 Å². The number of epoxide rings is 1. The Balaban J connectivity index is 0.000000442. The number of unbranched alkanes of at least 4 members (excludes halogenated alkanes) is 1. The van der Waals surface area contributed by atoms with Crippen molar-refractivity contribution in [3.05, 3.63) is 0 Å². The number of fused-ring (bicyclic) bond motifs is 1. The van der Waals surface area contributed by atoms with E-state index in [-0.39, 0.29) is 0 Å². The fourth-order valence-electron chi connectivity index (χ4n) is 2.24. The Morgan fingerprint density at radius 1 is 1.13 bits per heavy atom. The average molecular weight is 232 g/mol. The molecule has 15 heavy (non-hydrogen) atoms. The molecule has 92 valence electrons. The summed E-state index contributed by atoms with van der Waals surface area (Å²) in [5.74, 6) is 0.999. The highest BCUT2D eigenvalue weighted by molar-refractivity contribution is 7.79. The van der Waals surface area contributed by atoms with Crippen molar-refractivity contribution in [2.75, 3.05) is 6.26 Å². The molecule has 1 aliphatic carbocycles. The minimum atomic E-state index is 0.686. The largest absolute Gasteiger partial charge is 0.370 e. The maximum Gasteiger partial charge on any atom is 0.0844 e. The van der Waals surface area contributed by atoms with Crippen molar-refractivity contribution in [3.63, 3.8) is 0 Å². The fraction of sp³-hybridized carbons (Fsp3) is 1.00. The van der Waals surface area contributed by atoms with E-state index in [1.54, 1.807) is 6.26 Å². The van der Waals surface area contributed by atoms with Gasteiger partial charge in [-0.25, -0.2) is 0 Å². The van der Waals surface area contributed by atoms with E-state index in [4.69, 9.17) is 4.74 Å². The quantitative estimate of drug-likeness (QED) is 0.565. The van der Waals surface area contributed by atoms with Crippen LogP contribution in [0.3, 0.4) is 0 Å². The topological polar surface area (TPSA) is 12.5 Å². The predicted octanol–water partition coefficient (Wildman–Crippen LogP) is 4.32. The van der Waals surface area contributed by atoms with Gasteiger partial charge in [0, 0.05) is 0 Å². The maximum absolute atomic E-state index is 5.49. The lowest BCUT2D eigenvalue weighted by molar-refractivity contribution is 0.346. The number of thiol groups is 1. The van der Waals surface area contributed by atoms with E-state index in [9.17, 15) is 0 Å². The molecule has 1 aliphatic heterocycles. The van der Waals surface area contributed by atoms with Crippen LogP contribution in [0.2, 0.25) is 0 Å². The predicted molar refractivity (Wildman–Crippen MR) is 71.8 cm³/mol. The van der Waals surface area contributed by atoms with Crippen molar-refractivity contribution in [2.45, 2.75) is 71.5 Å². The van der Waals surface area contributed by atoms with Crippen LogP contribution in [-0.2, 0) is 4.74 Å². The summed E-state index contributed by atoms with van der Waals surface area (Å²) < 4.78 is 5.49. The average Bonchev–Trinajstić information content (AvgIpc) is 3.10. The highest BCUT2D eigenvalue weighted by Gasteiger charge is 2.43. The van der Waals surface area contributed by atoms with Crippen LogP contribution in [-0.4, -0.2) is 18.5 Å². The number of hydrogen-bond donors (Lipinski definition) is 1. The van der Waals surface area contributed by atoms with Crippen LogP contribution in [0, 0.1) is 5.92 Å². The van der Waals surface area contributed by atoms with Gasteiger partial charge in [-0.1, -0.05) is 40.0 Å². The van der Waals surface area contributed by atoms with E-state index in [0.29, 0.717) is 12.2 Å². The Hall–Kier alpha value is 0.310. The molecule has 1 saturated carbocycles. The van der Waals surface area contributed by atoms with E-state index in [2.05, 4.69) is 19.6 Å². The minimum absolute atomic E-state index is 0.686.